The van der Waals surface area contributed by atoms with Gasteiger partial charge >= 0.3 is 0 Å². The molecular formula is C56H51N9O5S. The molecular weight excluding hydrogens is 911 g/mol. The maximum Gasteiger partial charge on any atom is 0.295 e. The summed E-state index contributed by atoms with van der Waals surface area (Å²) in [5, 5.41) is 10.1. The summed E-state index contributed by atoms with van der Waals surface area (Å²) in [6.07, 6.45) is 2.98. The van der Waals surface area contributed by atoms with Crippen LogP contribution in [0.25, 0.3) is 17.1 Å². The highest BCUT2D eigenvalue weighted by Crippen LogP contribution is 2.61. The number of fused-ring (bicyclic) bond motifs is 8. The molecule has 5 aromatic carbocycles. The number of nitrogens with zero attached hydrogens (tertiary/aromatic N) is 9. The van der Waals surface area contributed by atoms with Crippen molar-refractivity contribution in [3.05, 3.63) is 189 Å². The molecule has 0 bridgehead atoms. The van der Waals surface area contributed by atoms with E-state index in [1.807, 2.05) is 165 Å². The summed E-state index contributed by atoms with van der Waals surface area (Å²) in [7, 11) is 1.80. The average molecular weight is 962 g/mol. The fraction of sp³-hybridized carbons (Fsp3) is 0.250. The first-order valence-corrected chi connectivity index (χ1v) is 25.1. The SMILES string of the molecule is Cc1ccc2c(c1)C1(SCC(=O)N1c1c(C)n(C)n(-c3ccccc3)c1=O)C(=O)N2CCCCCCN1C(=O)C2(c3ccccc31)c1c(C)nn(-c3ccccc3)c1Oc1c2c(C)nn1-c1ccccc1. The molecule has 8 aromatic rings. The molecule has 3 amide bonds. The lowest BCUT2D eigenvalue weighted by molar-refractivity contribution is -0.123. The number of thioether (sulfide) groups is 1. The van der Waals surface area contributed by atoms with E-state index >= 15 is 9.59 Å². The normalized spacial score (nSPS) is 17.4. The molecule has 3 aromatic heterocycles. The van der Waals surface area contributed by atoms with Crippen LogP contribution in [-0.4, -0.2) is 65.5 Å². The molecule has 71 heavy (non-hydrogen) atoms. The Balaban J connectivity index is 0.822. The van der Waals surface area contributed by atoms with Crippen molar-refractivity contribution >= 4 is 46.5 Å². The monoisotopic (exact) mass is 961 g/mol. The Morgan fingerprint density at radius 1 is 0.592 bits per heavy atom. The first-order valence-electron chi connectivity index (χ1n) is 24.1. The summed E-state index contributed by atoms with van der Waals surface area (Å²) >= 11 is 1.29. The van der Waals surface area contributed by atoms with E-state index in [-0.39, 0.29) is 34.7 Å². The standard InChI is InChI=1S/C56H51N9O5S/c1-35-29-30-45-43(33-35)56(62(46(66)34-71-56)49-38(4)59(5)65(50(49)67)41-25-15-10-16-26-41)54(69)61(45)32-20-7-6-19-31-60-44-28-18-17-27-42(44)55(53(60)68)47-36(2)57-63(39-21-11-8-12-22-39)51(47)70-52-48(55)37(3)58-64(52)40-23-13-9-14-24-40/h8-18,21-30,33H,6-7,19-20,31-32,34H2,1-5H3. The number of anilines is 3. The van der Waals surface area contributed by atoms with E-state index in [0.717, 1.165) is 52.3 Å². The van der Waals surface area contributed by atoms with Crippen LogP contribution in [0.1, 0.15) is 70.6 Å². The summed E-state index contributed by atoms with van der Waals surface area (Å²) in [5.41, 5.74) is 8.36. The van der Waals surface area contributed by atoms with Crippen LogP contribution in [0, 0.1) is 27.7 Å². The second kappa shape index (κ2) is 16.6. The summed E-state index contributed by atoms with van der Waals surface area (Å²) in [6.45, 7) is 8.59. The highest BCUT2D eigenvalue weighted by molar-refractivity contribution is 8.02. The molecule has 1 saturated heterocycles. The lowest BCUT2D eigenvalue weighted by Crippen LogP contribution is -2.51. The van der Waals surface area contributed by atoms with Crippen LogP contribution in [0.2, 0.25) is 0 Å². The van der Waals surface area contributed by atoms with Crippen molar-refractivity contribution in [2.75, 3.05) is 33.5 Å². The topological polar surface area (TPSA) is 133 Å². The number of benzene rings is 5. The van der Waals surface area contributed by atoms with Crippen molar-refractivity contribution < 1.29 is 19.1 Å². The molecule has 4 aliphatic rings. The molecule has 1 unspecified atom stereocenters. The van der Waals surface area contributed by atoms with Gasteiger partial charge < -0.3 is 14.5 Å². The maximum absolute atomic E-state index is 15.8. The first-order chi connectivity index (χ1) is 34.5. The average Bonchev–Trinajstić information content (AvgIpc) is 4.18. The van der Waals surface area contributed by atoms with Crippen LogP contribution < -0.4 is 25.0 Å². The fourth-order valence-corrected chi connectivity index (χ4v) is 12.9. The van der Waals surface area contributed by atoms with Crippen molar-refractivity contribution in [3.63, 3.8) is 0 Å². The van der Waals surface area contributed by atoms with Gasteiger partial charge in [-0.1, -0.05) is 103 Å². The molecule has 7 heterocycles. The summed E-state index contributed by atoms with van der Waals surface area (Å²) < 4.78 is 13.8. The van der Waals surface area contributed by atoms with Gasteiger partial charge in [-0.25, -0.2) is 14.0 Å². The van der Waals surface area contributed by atoms with Crippen LogP contribution in [0.5, 0.6) is 11.8 Å². The number of hydrogen-bond acceptors (Lipinski definition) is 8. The summed E-state index contributed by atoms with van der Waals surface area (Å²) in [6, 6.07) is 43.0. The molecule has 14 nitrogen and oxygen atoms in total. The summed E-state index contributed by atoms with van der Waals surface area (Å²) in [5.74, 6) is 0.435. The van der Waals surface area contributed by atoms with Gasteiger partial charge in [0, 0.05) is 37.0 Å². The highest BCUT2D eigenvalue weighted by atomic mass is 32.2. The zero-order valence-electron chi connectivity index (χ0n) is 40.1. The van der Waals surface area contributed by atoms with Gasteiger partial charge in [0.25, 0.3) is 11.5 Å². The second-order valence-corrected chi connectivity index (χ2v) is 20.0. The molecule has 1 fully saturated rings. The lowest BCUT2D eigenvalue weighted by Gasteiger charge is -2.34. The lowest BCUT2D eigenvalue weighted by atomic mass is 9.69. The zero-order valence-corrected chi connectivity index (χ0v) is 40.9. The Kier molecular flexibility index (Phi) is 10.4. The van der Waals surface area contributed by atoms with Gasteiger partial charge in [-0.15, -0.1) is 11.8 Å². The Morgan fingerprint density at radius 2 is 1.11 bits per heavy atom. The highest BCUT2D eigenvalue weighted by Gasteiger charge is 2.63. The Bertz CT molecular complexity index is 3450. The van der Waals surface area contributed by atoms with Crippen molar-refractivity contribution in [3.8, 4) is 28.8 Å². The minimum atomic E-state index is -1.42. The van der Waals surface area contributed by atoms with Gasteiger partial charge in [-0.05, 0) is 89.1 Å². The quantitative estimate of drug-likeness (QED) is 0.117. The van der Waals surface area contributed by atoms with Gasteiger partial charge in [0.2, 0.25) is 28.4 Å². The van der Waals surface area contributed by atoms with Gasteiger partial charge in [-0.3, -0.25) is 28.8 Å². The third-order valence-corrected chi connectivity index (χ3v) is 16.1. The van der Waals surface area contributed by atoms with E-state index in [2.05, 4.69) is 6.07 Å². The molecule has 0 saturated carbocycles. The van der Waals surface area contributed by atoms with Gasteiger partial charge in [0.05, 0.1) is 56.7 Å². The van der Waals surface area contributed by atoms with Crippen LogP contribution in [0.4, 0.5) is 17.1 Å². The number of carbonyl (C=O) groups is 3. The molecule has 0 aliphatic carbocycles. The van der Waals surface area contributed by atoms with E-state index < -0.39 is 10.3 Å². The molecule has 4 aliphatic heterocycles. The third-order valence-electron chi connectivity index (χ3n) is 14.7. The molecule has 0 N–H and O–H groups in total. The minimum Gasteiger partial charge on any atom is -0.420 e. The van der Waals surface area contributed by atoms with E-state index in [1.165, 1.54) is 16.7 Å². The maximum atomic E-state index is 15.8. The predicted molar refractivity (Wildman–Crippen MR) is 275 cm³/mol. The number of aryl methyl sites for hydroxylation is 3. The largest absolute Gasteiger partial charge is 0.420 e. The number of carbonyl (C=O) groups excluding carboxylic acids is 3. The third kappa shape index (κ3) is 6.27. The smallest absolute Gasteiger partial charge is 0.295 e. The van der Waals surface area contributed by atoms with Crippen molar-refractivity contribution in [1.29, 1.82) is 0 Å². The van der Waals surface area contributed by atoms with Crippen LogP contribution >= 0.6 is 11.8 Å². The van der Waals surface area contributed by atoms with E-state index in [1.54, 1.807) is 25.8 Å². The van der Waals surface area contributed by atoms with Crippen LogP contribution in [0.15, 0.2) is 138 Å². The van der Waals surface area contributed by atoms with Crippen LogP contribution in [-0.2, 0) is 31.7 Å². The zero-order chi connectivity index (χ0) is 48.9. The molecule has 1 atom stereocenters. The molecule has 2 spiro atoms. The number of aromatic nitrogens is 6. The number of hydrogen-bond donors (Lipinski definition) is 0. The Morgan fingerprint density at radius 3 is 1.70 bits per heavy atom. The van der Waals surface area contributed by atoms with E-state index in [0.29, 0.717) is 71.6 Å². The van der Waals surface area contributed by atoms with Gasteiger partial charge in [0.1, 0.15) is 11.1 Å². The first kappa shape index (κ1) is 44.3. The van der Waals surface area contributed by atoms with Crippen molar-refractivity contribution in [2.45, 2.75) is 63.7 Å². The molecule has 0 radical (unpaired) electrons. The number of unbranched alkanes of at least 4 members (excludes halogenated alkanes) is 3. The Labute approximate surface area is 414 Å². The van der Waals surface area contributed by atoms with Crippen molar-refractivity contribution in [1.82, 2.24) is 28.9 Å². The van der Waals surface area contributed by atoms with Gasteiger partial charge in [-0.2, -0.15) is 10.2 Å². The fourth-order valence-electron chi connectivity index (χ4n) is 11.5. The van der Waals surface area contributed by atoms with E-state index in [4.69, 9.17) is 14.9 Å². The van der Waals surface area contributed by atoms with Gasteiger partial charge in [0.15, 0.2) is 0 Å². The molecule has 12 rings (SSSR count). The van der Waals surface area contributed by atoms with Crippen LogP contribution in [0.3, 0.4) is 0 Å². The minimum absolute atomic E-state index is 0.0607. The molecule has 356 valence electrons. The van der Waals surface area contributed by atoms with Crippen molar-refractivity contribution in [2.24, 2.45) is 7.05 Å². The number of rotatable bonds is 11. The number of ether oxygens (including phenoxy) is 1. The molecule has 15 heteroatoms. The number of para-hydroxylation sites is 4. The Hall–Kier alpha value is -7.91. The second-order valence-electron chi connectivity index (χ2n) is 18.8. The van der Waals surface area contributed by atoms with E-state index in [9.17, 15) is 9.59 Å². The predicted octanol–water partition coefficient (Wildman–Crippen LogP) is 9.11. The number of amides is 3. The summed E-state index contributed by atoms with van der Waals surface area (Å²) in [4.78, 5) is 63.3.